The second-order valence-electron chi connectivity index (χ2n) is 4.10. The molecule has 0 radical (unpaired) electrons. The Labute approximate surface area is 109 Å². The molecule has 0 fully saturated rings. The van der Waals surface area contributed by atoms with Crippen molar-refractivity contribution in [1.82, 2.24) is 10.1 Å². The van der Waals surface area contributed by atoms with Gasteiger partial charge in [-0.2, -0.15) is 4.98 Å². The van der Waals surface area contributed by atoms with Crippen molar-refractivity contribution in [3.8, 4) is 28.6 Å². The lowest BCUT2D eigenvalue weighted by atomic mass is 10.2. The van der Waals surface area contributed by atoms with Gasteiger partial charge in [0.15, 0.2) is 0 Å². The van der Waals surface area contributed by atoms with Gasteiger partial charge < -0.3 is 15.4 Å². The van der Waals surface area contributed by atoms with Crippen LogP contribution in [0.25, 0.3) is 22.8 Å². The SMILES string of the molecule is Nc1ccc(-c2nc(-c3cccc(O)c3)no2)cc1. The van der Waals surface area contributed by atoms with Crippen molar-refractivity contribution in [3.63, 3.8) is 0 Å². The number of nitrogens with two attached hydrogens (primary N) is 1. The maximum absolute atomic E-state index is 9.43. The van der Waals surface area contributed by atoms with E-state index in [2.05, 4.69) is 10.1 Å². The fourth-order valence-electron chi connectivity index (χ4n) is 1.73. The Bertz CT molecular complexity index is 705. The zero-order chi connectivity index (χ0) is 13.2. The molecule has 0 unspecified atom stereocenters. The lowest BCUT2D eigenvalue weighted by molar-refractivity contribution is 0.432. The van der Waals surface area contributed by atoms with Crippen molar-refractivity contribution in [2.75, 3.05) is 5.73 Å². The number of nitrogen functional groups attached to an aromatic ring is 1. The maximum Gasteiger partial charge on any atom is 0.258 e. The van der Waals surface area contributed by atoms with E-state index in [1.807, 2.05) is 12.1 Å². The Morgan fingerprint density at radius 3 is 2.53 bits per heavy atom. The molecular formula is C14H11N3O2. The highest BCUT2D eigenvalue weighted by Crippen LogP contribution is 2.24. The maximum atomic E-state index is 9.43. The summed E-state index contributed by atoms with van der Waals surface area (Å²) in [6.45, 7) is 0. The highest BCUT2D eigenvalue weighted by atomic mass is 16.5. The van der Waals surface area contributed by atoms with Crippen LogP contribution in [0.1, 0.15) is 0 Å². The van der Waals surface area contributed by atoms with E-state index in [1.54, 1.807) is 36.4 Å². The van der Waals surface area contributed by atoms with Crippen LogP contribution in [0.15, 0.2) is 53.1 Å². The molecule has 0 saturated heterocycles. The molecule has 0 spiro atoms. The first-order valence-electron chi connectivity index (χ1n) is 5.71. The van der Waals surface area contributed by atoms with Gasteiger partial charge in [0.2, 0.25) is 5.82 Å². The Morgan fingerprint density at radius 1 is 1.00 bits per heavy atom. The minimum atomic E-state index is 0.163. The monoisotopic (exact) mass is 253 g/mol. The minimum absolute atomic E-state index is 0.163. The lowest BCUT2D eigenvalue weighted by Gasteiger charge is -1.95. The fraction of sp³-hybridized carbons (Fsp3) is 0. The topological polar surface area (TPSA) is 85.2 Å². The zero-order valence-electron chi connectivity index (χ0n) is 9.95. The normalized spacial score (nSPS) is 10.5. The zero-order valence-corrected chi connectivity index (χ0v) is 9.95. The van der Waals surface area contributed by atoms with Crippen molar-refractivity contribution in [3.05, 3.63) is 48.5 Å². The number of rotatable bonds is 2. The third-order valence-electron chi connectivity index (χ3n) is 2.69. The molecular weight excluding hydrogens is 242 g/mol. The van der Waals surface area contributed by atoms with Crippen LogP contribution >= 0.6 is 0 Å². The van der Waals surface area contributed by atoms with Gasteiger partial charge in [-0.05, 0) is 36.4 Å². The molecule has 0 atom stereocenters. The van der Waals surface area contributed by atoms with Gasteiger partial charge in [-0.15, -0.1) is 0 Å². The highest BCUT2D eigenvalue weighted by Gasteiger charge is 2.10. The summed E-state index contributed by atoms with van der Waals surface area (Å²) in [6, 6.07) is 13.9. The molecule has 0 saturated carbocycles. The van der Waals surface area contributed by atoms with Crippen LogP contribution < -0.4 is 5.73 Å². The van der Waals surface area contributed by atoms with E-state index in [0.29, 0.717) is 23.0 Å². The molecule has 1 aromatic heterocycles. The molecule has 3 N–H and O–H groups in total. The first-order chi connectivity index (χ1) is 9.22. The Morgan fingerprint density at radius 2 is 1.79 bits per heavy atom. The Balaban J connectivity index is 1.97. The molecule has 0 bridgehead atoms. The van der Waals surface area contributed by atoms with Gasteiger partial charge in [0, 0.05) is 16.8 Å². The summed E-state index contributed by atoms with van der Waals surface area (Å²) in [6.07, 6.45) is 0. The molecule has 0 aliphatic carbocycles. The molecule has 94 valence electrons. The van der Waals surface area contributed by atoms with Gasteiger partial charge in [-0.1, -0.05) is 17.3 Å². The molecule has 5 heteroatoms. The van der Waals surface area contributed by atoms with Crippen LogP contribution in [0.2, 0.25) is 0 Å². The summed E-state index contributed by atoms with van der Waals surface area (Å²) < 4.78 is 5.20. The summed E-state index contributed by atoms with van der Waals surface area (Å²) in [5.41, 5.74) is 7.80. The van der Waals surface area contributed by atoms with Gasteiger partial charge in [0.1, 0.15) is 5.75 Å². The number of anilines is 1. The molecule has 3 aromatic rings. The lowest BCUT2D eigenvalue weighted by Crippen LogP contribution is -1.84. The third-order valence-corrected chi connectivity index (χ3v) is 2.69. The predicted octanol–water partition coefficient (Wildman–Crippen LogP) is 2.69. The molecule has 0 aliphatic rings. The number of hydrogen-bond donors (Lipinski definition) is 2. The van der Waals surface area contributed by atoms with Crippen LogP contribution in [0, 0.1) is 0 Å². The molecule has 3 rings (SSSR count). The average Bonchev–Trinajstić information content (AvgIpc) is 2.89. The molecule has 19 heavy (non-hydrogen) atoms. The molecule has 5 nitrogen and oxygen atoms in total. The number of aromatic nitrogens is 2. The van der Waals surface area contributed by atoms with Crippen LogP contribution in [-0.2, 0) is 0 Å². The van der Waals surface area contributed by atoms with Gasteiger partial charge in [0.25, 0.3) is 5.89 Å². The summed E-state index contributed by atoms with van der Waals surface area (Å²) in [5.74, 6) is 1.01. The van der Waals surface area contributed by atoms with Crippen LogP contribution in [0.3, 0.4) is 0 Å². The molecule has 0 aliphatic heterocycles. The van der Waals surface area contributed by atoms with E-state index in [4.69, 9.17) is 10.3 Å². The van der Waals surface area contributed by atoms with Crippen LogP contribution in [0.4, 0.5) is 5.69 Å². The number of phenolic OH excluding ortho intramolecular Hbond substituents is 1. The van der Waals surface area contributed by atoms with Gasteiger partial charge >= 0.3 is 0 Å². The highest BCUT2D eigenvalue weighted by molar-refractivity contribution is 5.62. The summed E-state index contributed by atoms with van der Waals surface area (Å²) in [4.78, 5) is 4.29. The molecule has 2 aromatic carbocycles. The summed E-state index contributed by atoms with van der Waals surface area (Å²) in [7, 11) is 0. The van der Waals surface area contributed by atoms with Gasteiger partial charge in [-0.3, -0.25) is 0 Å². The van der Waals surface area contributed by atoms with Crippen molar-refractivity contribution in [1.29, 1.82) is 0 Å². The van der Waals surface area contributed by atoms with Crippen molar-refractivity contribution < 1.29 is 9.63 Å². The van der Waals surface area contributed by atoms with Crippen LogP contribution in [-0.4, -0.2) is 15.2 Å². The second kappa shape index (κ2) is 4.45. The number of phenols is 1. The van der Waals surface area contributed by atoms with E-state index in [9.17, 15) is 5.11 Å². The number of nitrogens with zero attached hydrogens (tertiary/aromatic N) is 2. The predicted molar refractivity (Wildman–Crippen MR) is 71.2 cm³/mol. The Kier molecular flexibility index (Phi) is 2.64. The number of benzene rings is 2. The molecule has 1 heterocycles. The van der Waals surface area contributed by atoms with Crippen LogP contribution in [0.5, 0.6) is 5.75 Å². The van der Waals surface area contributed by atoms with Gasteiger partial charge in [0.05, 0.1) is 0 Å². The van der Waals surface area contributed by atoms with Gasteiger partial charge in [-0.25, -0.2) is 0 Å². The minimum Gasteiger partial charge on any atom is -0.508 e. The summed E-state index contributed by atoms with van der Waals surface area (Å²) in [5, 5.41) is 13.3. The number of aromatic hydroxyl groups is 1. The second-order valence-corrected chi connectivity index (χ2v) is 4.10. The smallest absolute Gasteiger partial charge is 0.258 e. The van der Waals surface area contributed by atoms with Crippen molar-refractivity contribution >= 4 is 5.69 Å². The third kappa shape index (κ3) is 2.26. The largest absolute Gasteiger partial charge is 0.508 e. The first kappa shape index (κ1) is 11.3. The van der Waals surface area contributed by atoms with E-state index in [-0.39, 0.29) is 5.75 Å². The van der Waals surface area contributed by atoms with E-state index >= 15 is 0 Å². The molecule has 0 amide bonds. The average molecular weight is 253 g/mol. The van der Waals surface area contributed by atoms with Crippen molar-refractivity contribution in [2.45, 2.75) is 0 Å². The number of hydrogen-bond acceptors (Lipinski definition) is 5. The Hall–Kier alpha value is -2.82. The standard InChI is InChI=1S/C14H11N3O2/c15-11-6-4-9(5-7-11)14-16-13(17-19-14)10-2-1-3-12(18)8-10/h1-8,18H,15H2. The van der Waals surface area contributed by atoms with E-state index < -0.39 is 0 Å². The van der Waals surface area contributed by atoms with E-state index in [1.165, 1.54) is 0 Å². The fourth-order valence-corrected chi connectivity index (χ4v) is 1.73. The quantitative estimate of drug-likeness (QED) is 0.686. The first-order valence-corrected chi connectivity index (χ1v) is 5.71. The van der Waals surface area contributed by atoms with Crippen molar-refractivity contribution in [2.24, 2.45) is 0 Å². The summed E-state index contributed by atoms with van der Waals surface area (Å²) >= 11 is 0. The van der Waals surface area contributed by atoms with E-state index in [0.717, 1.165) is 5.56 Å².